The summed E-state index contributed by atoms with van der Waals surface area (Å²) in [5, 5.41) is 14.1. The Morgan fingerprint density at radius 3 is 2.65 bits per heavy atom. The van der Waals surface area contributed by atoms with Crippen molar-refractivity contribution in [1.82, 2.24) is 15.5 Å². The molecule has 10 heteroatoms. The molecule has 7 nitrogen and oxygen atoms in total. The Bertz CT molecular complexity index is 727. The third kappa shape index (κ3) is 4.28. The lowest BCUT2D eigenvalue weighted by Gasteiger charge is -2.04. The van der Waals surface area contributed by atoms with Crippen LogP contribution in [-0.2, 0) is 11.0 Å². The molecule has 0 fully saturated rings. The Labute approximate surface area is 127 Å². The topological polar surface area (TPSA) is 105 Å². The number of hydrogen-bond acceptors (Lipinski definition) is 5. The van der Waals surface area contributed by atoms with Crippen molar-refractivity contribution in [1.29, 1.82) is 0 Å². The predicted octanol–water partition coefficient (Wildman–Crippen LogP) is 1.96. The van der Waals surface area contributed by atoms with Crippen molar-refractivity contribution in [2.45, 2.75) is 12.6 Å². The fraction of sp³-hybridized carbons (Fsp3) is 0.231. The smallest absolute Gasteiger partial charge is 0.471 e. The second kappa shape index (κ2) is 6.46. The Morgan fingerprint density at radius 1 is 1.30 bits per heavy atom. The van der Waals surface area contributed by atoms with Gasteiger partial charge in [-0.1, -0.05) is 17.3 Å². The van der Waals surface area contributed by atoms with Crippen LogP contribution in [0.4, 0.5) is 13.2 Å². The number of aromatic nitrogens is 2. The minimum atomic E-state index is -4.75. The highest BCUT2D eigenvalue weighted by Crippen LogP contribution is 2.29. The molecule has 1 aromatic carbocycles. The van der Waals surface area contributed by atoms with E-state index in [1.54, 1.807) is 0 Å². The number of alkyl halides is 3. The summed E-state index contributed by atoms with van der Waals surface area (Å²) in [4.78, 5) is 25.4. The van der Waals surface area contributed by atoms with E-state index in [1.807, 2.05) is 0 Å². The molecule has 0 atom stereocenters. The van der Waals surface area contributed by atoms with Gasteiger partial charge in [0.1, 0.15) is 0 Å². The van der Waals surface area contributed by atoms with E-state index in [-0.39, 0.29) is 29.9 Å². The molecule has 1 heterocycles. The van der Waals surface area contributed by atoms with Crippen LogP contribution in [-0.4, -0.2) is 33.7 Å². The van der Waals surface area contributed by atoms with E-state index in [0.717, 1.165) is 0 Å². The van der Waals surface area contributed by atoms with E-state index in [0.29, 0.717) is 0 Å². The second-order valence-corrected chi connectivity index (χ2v) is 4.40. The summed E-state index contributed by atoms with van der Waals surface area (Å²) in [5.41, 5.74) is 0.293. The number of hydrogen-bond donors (Lipinski definition) is 2. The van der Waals surface area contributed by atoms with E-state index in [1.165, 1.54) is 24.3 Å². The number of nitrogens with zero attached hydrogens (tertiary/aromatic N) is 2. The lowest BCUT2D eigenvalue weighted by Crippen LogP contribution is -2.25. The van der Waals surface area contributed by atoms with Crippen LogP contribution in [0.25, 0.3) is 11.4 Å². The molecular formula is C13H10F3N3O4. The van der Waals surface area contributed by atoms with Crippen molar-refractivity contribution in [2.24, 2.45) is 0 Å². The first-order valence-corrected chi connectivity index (χ1v) is 6.28. The van der Waals surface area contributed by atoms with Gasteiger partial charge in [-0.3, -0.25) is 9.59 Å². The van der Waals surface area contributed by atoms with Crippen molar-refractivity contribution in [3.05, 3.63) is 35.7 Å². The van der Waals surface area contributed by atoms with Gasteiger partial charge in [0.05, 0.1) is 6.42 Å². The standard InChI is InChI=1S/C13H10F3N3O4/c14-13(15,16)12-18-10(19-23-12)7-2-1-3-8(6-7)11(22)17-5-4-9(20)21/h1-3,6H,4-5H2,(H,17,22)(H,20,21). The summed E-state index contributed by atoms with van der Waals surface area (Å²) < 4.78 is 41.4. The molecule has 2 aromatic rings. The van der Waals surface area contributed by atoms with E-state index < -0.39 is 23.9 Å². The summed E-state index contributed by atoms with van der Waals surface area (Å²) in [6.45, 7) is -0.0706. The molecule has 23 heavy (non-hydrogen) atoms. The fourth-order valence-corrected chi connectivity index (χ4v) is 1.64. The average molecular weight is 329 g/mol. The van der Waals surface area contributed by atoms with Crippen LogP contribution in [0.3, 0.4) is 0 Å². The van der Waals surface area contributed by atoms with Gasteiger partial charge in [-0.15, -0.1) is 0 Å². The number of carbonyl (C=O) groups is 2. The highest BCUT2D eigenvalue weighted by molar-refractivity contribution is 5.95. The zero-order valence-corrected chi connectivity index (χ0v) is 11.4. The SMILES string of the molecule is O=C(O)CCNC(=O)c1cccc(-c2noc(C(F)(F)F)n2)c1. The zero-order chi connectivity index (χ0) is 17.0. The first kappa shape index (κ1) is 16.5. The Balaban J connectivity index is 2.15. The van der Waals surface area contributed by atoms with Crippen molar-refractivity contribution in [2.75, 3.05) is 6.54 Å². The molecule has 0 radical (unpaired) electrons. The van der Waals surface area contributed by atoms with Crippen molar-refractivity contribution >= 4 is 11.9 Å². The van der Waals surface area contributed by atoms with Gasteiger partial charge in [0.25, 0.3) is 5.91 Å². The van der Waals surface area contributed by atoms with Gasteiger partial charge >= 0.3 is 18.0 Å². The van der Waals surface area contributed by atoms with Crippen molar-refractivity contribution < 1.29 is 32.4 Å². The molecule has 0 aliphatic rings. The van der Waals surface area contributed by atoms with Crippen LogP contribution in [0.5, 0.6) is 0 Å². The Kier molecular flexibility index (Phi) is 4.63. The van der Waals surface area contributed by atoms with Crippen LogP contribution in [0, 0.1) is 0 Å². The molecule has 2 rings (SSSR count). The highest BCUT2D eigenvalue weighted by Gasteiger charge is 2.38. The number of halogens is 3. The van der Waals surface area contributed by atoms with Crippen LogP contribution >= 0.6 is 0 Å². The van der Waals surface area contributed by atoms with Crippen molar-refractivity contribution in [3.63, 3.8) is 0 Å². The number of amides is 1. The molecule has 0 aliphatic carbocycles. The molecule has 1 amide bonds. The van der Waals surface area contributed by atoms with Crippen LogP contribution in [0.2, 0.25) is 0 Å². The summed E-state index contributed by atoms with van der Waals surface area (Å²) in [5.74, 6) is -3.42. The molecule has 2 N–H and O–H groups in total. The lowest BCUT2D eigenvalue weighted by molar-refractivity contribution is -0.159. The minimum absolute atomic E-state index is 0.0706. The lowest BCUT2D eigenvalue weighted by atomic mass is 10.1. The Morgan fingerprint density at radius 2 is 2.04 bits per heavy atom. The number of carboxylic acid groups (broad SMARTS) is 1. The van der Waals surface area contributed by atoms with Gasteiger partial charge in [-0.25, -0.2) is 0 Å². The van der Waals surface area contributed by atoms with Gasteiger partial charge in [0, 0.05) is 17.7 Å². The third-order valence-electron chi connectivity index (χ3n) is 2.68. The highest BCUT2D eigenvalue weighted by atomic mass is 19.4. The summed E-state index contributed by atoms with van der Waals surface area (Å²) in [7, 11) is 0. The molecule has 0 unspecified atom stereocenters. The first-order valence-electron chi connectivity index (χ1n) is 6.28. The molecule has 122 valence electrons. The van der Waals surface area contributed by atoms with E-state index in [9.17, 15) is 22.8 Å². The molecular weight excluding hydrogens is 319 g/mol. The summed E-state index contributed by atoms with van der Waals surface area (Å²) in [6.07, 6.45) is -5.00. The van der Waals surface area contributed by atoms with Crippen molar-refractivity contribution in [3.8, 4) is 11.4 Å². The third-order valence-corrected chi connectivity index (χ3v) is 2.68. The Hall–Kier alpha value is -2.91. The molecule has 0 spiro atoms. The number of rotatable bonds is 5. The molecule has 1 aromatic heterocycles. The van der Waals surface area contributed by atoms with E-state index in [4.69, 9.17) is 5.11 Å². The largest absolute Gasteiger partial charge is 0.481 e. The first-order chi connectivity index (χ1) is 10.8. The van der Waals surface area contributed by atoms with Crippen LogP contribution < -0.4 is 5.32 Å². The van der Waals surface area contributed by atoms with Gasteiger partial charge < -0.3 is 14.9 Å². The van der Waals surface area contributed by atoms with E-state index >= 15 is 0 Å². The zero-order valence-electron chi connectivity index (χ0n) is 11.4. The van der Waals surface area contributed by atoms with Crippen LogP contribution in [0.1, 0.15) is 22.7 Å². The number of carboxylic acids is 1. The average Bonchev–Trinajstić information content (AvgIpc) is 2.97. The number of nitrogens with one attached hydrogen (secondary N) is 1. The monoisotopic (exact) mass is 329 g/mol. The maximum atomic E-state index is 12.4. The van der Waals surface area contributed by atoms with Gasteiger partial charge in [-0.05, 0) is 12.1 Å². The van der Waals surface area contributed by atoms with Gasteiger partial charge in [0.2, 0.25) is 5.82 Å². The second-order valence-electron chi connectivity index (χ2n) is 4.40. The molecule has 0 saturated heterocycles. The molecule has 0 aliphatic heterocycles. The van der Waals surface area contributed by atoms with Gasteiger partial charge in [-0.2, -0.15) is 18.2 Å². The normalized spacial score (nSPS) is 11.3. The summed E-state index contributed by atoms with van der Waals surface area (Å²) >= 11 is 0. The summed E-state index contributed by atoms with van der Waals surface area (Å²) in [6, 6.07) is 5.55. The predicted molar refractivity (Wildman–Crippen MR) is 69.3 cm³/mol. The van der Waals surface area contributed by atoms with Crippen LogP contribution in [0.15, 0.2) is 28.8 Å². The maximum absolute atomic E-state index is 12.4. The number of aliphatic carboxylic acids is 1. The quantitative estimate of drug-likeness (QED) is 0.869. The minimum Gasteiger partial charge on any atom is -0.481 e. The maximum Gasteiger partial charge on any atom is 0.471 e. The molecule has 0 bridgehead atoms. The number of benzene rings is 1. The van der Waals surface area contributed by atoms with E-state index in [2.05, 4.69) is 20.0 Å². The fourth-order valence-electron chi connectivity index (χ4n) is 1.64. The van der Waals surface area contributed by atoms with Gasteiger partial charge in [0.15, 0.2) is 0 Å². The molecule has 0 saturated carbocycles. The number of carbonyl (C=O) groups excluding carboxylic acids is 1.